The number of carboxylic acids is 1. The first-order chi connectivity index (χ1) is 38.2. The lowest BCUT2D eigenvalue weighted by molar-refractivity contribution is -0.142. The zero-order chi connectivity index (χ0) is 57.1. The fraction of sp³-hybridized carbons (Fsp3) is 0.345. The first-order valence-corrected chi connectivity index (χ1v) is 30.6. The molecule has 422 valence electrons. The number of amides is 2. The summed E-state index contributed by atoms with van der Waals surface area (Å²) in [6.45, 7) is 11.3. The summed E-state index contributed by atoms with van der Waals surface area (Å²) in [6, 6.07) is 24.1. The van der Waals surface area contributed by atoms with Crippen molar-refractivity contribution in [3.05, 3.63) is 132 Å². The van der Waals surface area contributed by atoms with Crippen LogP contribution in [0.4, 0.5) is 10.5 Å². The van der Waals surface area contributed by atoms with Gasteiger partial charge in [0.1, 0.15) is 52.4 Å². The first kappa shape index (κ1) is 57.1. The van der Waals surface area contributed by atoms with Gasteiger partial charge in [-0.3, -0.25) is 4.79 Å². The van der Waals surface area contributed by atoms with Crippen molar-refractivity contribution in [3.63, 3.8) is 0 Å². The number of carboxylic acid groups (broad SMARTS) is 1. The lowest BCUT2D eigenvalue weighted by Crippen LogP contribution is -2.51. The maximum absolute atomic E-state index is 14.2. The molecule has 1 aliphatic carbocycles. The highest BCUT2D eigenvalue weighted by Crippen LogP contribution is 2.44. The summed E-state index contributed by atoms with van der Waals surface area (Å²) >= 11 is 0. The second-order valence-corrected chi connectivity index (χ2v) is 24.4. The third kappa shape index (κ3) is 12.1. The van der Waals surface area contributed by atoms with Gasteiger partial charge in [-0.2, -0.15) is 4.31 Å². The molecule has 0 radical (unpaired) electrons. The molecule has 4 aliphatic rings. The van der Waals surface area contributed by atoms with Crippen molar-refractivity contribution in [3.8, 4) is 28.2 Å². The van der Waals surface area contributed by atoms with Gasteiger partial charge in [-0.1, -0.05) is 41.6 Å². The van der Waals surface area contributed by atoms with Crippen LogP contribution in [0.15, 0.2) is 134 Å². The number of carbonyl (C=O) groups is 3. The molecule has 1 aromatic heterocycles. The van der Waals surface area contributed by atoms with Crippen LogP contribution in [0.5, 0.6) is 5.75 Å². The third-order valence-corrected chi connectivity index (χ3v) is 18.7. The van der Waals surface area contributed by atoms with Crippen molar-refractivity contribution in [2.24, 2.45) is 0 Å². The Bertz CT molecular complexity index is 3840. The fourth-order valence-corrected chi connectivity index (χ4v) is 13.8. The van der Waals surface area contributed by atoms with E-state index in [4.69, 9.17) is 9.15 Å². The van der Waals surface area contributed by atoms with E-state index in [0.29, 0.717) is 72.7 Å². The van der Waals surface area contributed by atoms with Gasteiger partial charge in [0.2, 0.25) is 31.3 Å². The molecule has 2 amide bonds. The molecule has 0 saturated carbocycles. The predicted molar refractivity (Wildman–Crippen MR) is 295 cm³/mol. The molecule has 3 aliphatic heterocycles. The summed E-state index contributed by atoms with van der Waals surface area (Å²) in [7, 11) is -14.3. The molecule has 9 rings (SSSR count). The summed E-state index contributed by atoms with van der Waals surface area (Å²) in [6.07, 6.45) is 2.25. The summed E-state index contributed by atoms with van der Waals surface area (Å²) in [5.74, 6) is -1.61. The fourth-order valence-electron chi connectivity index (χ4n) is 10.3. The van der Waals surface area contributed by atoms with E-state index in [-0.39, 0.29) is 41.3 Å². The Morgan fingerprint density at radius 2 is 1.55 bits per heavy atom. The maximum atomic E-state index is 14.2. The second kappa shape index (κ2) is 23.7. The van der Waals surface area contributed by atoms with Crippen LogP contribution in [0.1, 0.15) is 64.3 Å². The van der Waals surface area contributed by atoms with Gasteiger partial charge < -0.3 is 33.9 Å². The standard InChI is InChI=1S/C55H61N9O13S3/c1-5-60(6-2)38-18-23-44-49(30-38)77-50-31-39(61(7-3)8-4)19-24-45(50)52(44)46-25-22-43(32-51(46)80(73,74)75)78(69,70)56-33-37-34-63(59-58-37)40-29-48(64(35-40)79(71,72)42-14-10-9-11-15-42)53(65)57-47(54(66)67)28-36-16-20-41(21-17-36)76-55(68)62-26-12-13-27-62/h9-11,14-25,30-32,34,40,47-48,56H,5-8,12-13,26-29,33,35H2,1-4H3,(H2-,57,65,66,67,73,74,75). The minimum Gasteiger partial charge on any atom is -0.744 e. The van der Waals surface area contributed by atoms with Crippen LogP contribution < -0.4 is 29.6 Å². The van der Waals surface area contributed by atoms with Crippen LogP contribution in [-0.4, -0.2) is 135 Å². The molecule has 4 heterocycles. The van der Waals surface area contributed by atoms with Gasteiger partial charge in [0.05, 0.1) is 45.2 Å². The van der Waals surface area contributed by atoms with Crippen LogP contribution in [-0.2, 0) is 52.7 Å². The zero-order valence-corrected chi connectivity index (χ0v) is 46.8. The molecule has 80 heavy (non-hydrogen) atoms. The minimum absolute atomic E-state index is 0.0346. The highest BCUT2D eigenvalue weighted by atomic mass is 32.2. The van der Waals surface area contributed by atoms with E-state index >= 15 is 0 Å². The predicted octanol–water partition coefficient (Wildman–Crippen LogP) is 5.25. The number of aromatic nitrogens is 3. The quantitative estimate of drug-likeness (QED) is 0.0499. The van der Waals surface area contributed by atoms with Gasteiger partial charge in [0.25, 0.3) is 0 Å². The number of rotatable bonds is 20. The van der Waals surface area contributed by atoms with E-state index in [9.17, 15) is 49.3 Å². The van der Waals surface area contributed by atoms with Gasteiger partial charge in [0, 0.05) is 79.0 Å². The lowest BCUT2D eigenvalue weighted by atomic mass is 9.93. The Morgan fingerprint density at radius 3 is 2.21 bits per heavy atom. The highest BCUT2D eigenvalue weighted by Gasteiger charge is 2.46. The van der Waals surface area contributed by atoms with E-state index in [0.717, 1.165) is 34.3 Å². The second-order valence-electron chi connectivity index (χ2n) is 19.4. The third-order valence-electron chi connectivity index (χ3n) is 14.6. The molecule has 4 aromatic carbocycles. The van der Waals surface area contributed by atoms with E-state index in [1.54, 1.807) is 35.2 Å². The number of anilines is 1. The van der Waals surface area contributed by atoms with Crippen LogP contribution in [0.2, 0.25) is 0 Å². The maximum Gasteiger partial charge on any atom is 0.415 e. The smallest absolute Gasteiger partial charge is 0.415 e. The average molecular weight is 1150 g/mol. The number of aliphatic carboxylic acids is 1. The molecular formula is C55H61N9O13S3. The Balaban J connectivity index is 0.956. The largest absolute Gasteiger partial charge is 0.744 e. The molecule has 3 atom stereocenters. The summed E-state index contributed by atoms with van der Waals surface area (Å²) in [5.41, 5.74) is 2.61. The topological polar surface area (TPSA) is 287 Å². The lowest BCUT2D eigenvalue weighted by Gasteiger charge is -2.25. The number of hydrogen-bond acceptors (Lipinski definition) is 15. The summed E-state index contributed by atoms with van der Waals surface area (Å²) in [4.78, 5) is 41.5. The van der Waals surface area contributed by atoms with Crippen LogP contribution in [0, 0.1) is 0 Å². The number of likely N-dealkylation sites (tertiary alicyclic amines) is 1. The minimum atomic E-state index is -5.34. The molecule has 2 saturated heterocycles. The van der Waals surface area contributed by atoms with E-state index in [1.807, 2.05) is 52.0 Å². The summed E-state index contributed by atoms with van der Waals surface area (Å²) in [5, 5.41) is 22.4. The van der Waals surface area contributed by atoms with E-state index in [1.165, 1.54) is 59.4 Å². The van der Waals surface area contributed by atoms with Crippen LogP contribution in [0.25, 0.3) is 33.4 Å². The molecule has 0 spiro atoms. The van der Waals surface area contributed by atoms with Crippen molar-refractivity contribution in [2.75, 3.05) is 50.7 Å². The van der Waals surface area contributed by atoms with Gasteiger partial charge in [-0.25, -0.2) is 48.8 Å². The van der Waals surface area contributed by atoms with Gasteiger partial charge in [-0.15, -0.1) is 5.10 Å². The zero-order valence-electron chi connectivity index (χ0n) is 44.4. The van der Waals surface area contributed by atoms with E-state index in [2.05, 4.69) is 29.8 Å². The molecule has 0 bridgehead atoms. The van der Waals surface area contributed by atoms with Gasteiger partial charge >= 0.3 is 12.1 Å². The molecule has 2 fully saturated rings. The Labute approximate surface area is 463 Å². The number of fused-ring (bicyclic) bond motifs is 2. The monoisotopic (exact) mass is 1150 g/mol. The first-order valence-electron chi connectivity index (χ1n) is 26.2. The highest BCUT2D eigenvalue weighted by molar-refractivity contribution is 7.89. The number of sulfonamides is 2. The molecule has 22 nitrogen and oxygen atoms in total. The number of benzene rings is 5. The van der Waals surface area contributed by atoms with Crippen LogP contribution in [0.3, 0.4) is 0 Å². The van der Waals surface area contributed by atoms with Crippen LogP contribution >= 0.6 is 0 Å². The van der Waals surface area contributed by atoms with Gasteiger partial charge in [0.15, 0.2) is 0 Å². The van der Waals surface area contributed by atoms with Crippen molar-refractivity contribution >= 4 is 64.8 Å². The Hall–Kier alpha value is -7.55. The number of hydrogen-bond donors (Lipinski definition) is 3. The van der Waals surface area contributed by atoms with Gasteiger partial charge in [-0.05, 0) is 107 Å². The molecule has 3 unspecified atom stereocenters. The molecule has 5 aromatic rings. The molecule has 25 heteroatoms. The molecule has 3 N–H and O–H groups in total. The SMILES string of the molecule is CCN(CC)c1ccc2c(-c3ccc(S(=O)(=O)NCc4cn(C5CC(C(=O)NC(Cc6ccc(OC(=O)N7CCCC7)cc6)C(=O)O)N(S(=O)(=O)c6ccccc6)C5)nn4)cc3S(=O)(=O)[O-])c3ccc(=[N+](CC)CC)cc-3oc2c1. The molecular weight excluding hydrogens is 1090 g/mol. The number of nitrogens with one attached hydrogen (secondary N) is 2. The normalized spacial score (nSPS) is 16.5. The Kier molecular flexibility index (Phi) is 16.9. The number of nitrogens with zero attached hydrogens (tertiary/aromatic N) is 7. The van der Waals surface area contributed by atoms with Crippen molar-refractivity contribution in [1.29, 1.82) is 0 Å². The summed E-state index contributed by atoms with van der Waals surface area (Å²) < 4.78 is 115. The van der Waals surface area contributed by atoms with Crippen molar-refractivity contribution in [1.82, 2.24) is 38.8 Å². The average Bonchev–Trinajstić information content (AvgIpc) is 4.27. The number of carbonyl (C=O) groups excluding carboxylic acids is 2. The number of ether oxygens (including phenoxy) is 1. The van der Waals surface area contributed by atoms with Crippen molar-refractivity contribution in [2.45, 2.75) is 92.7 Å². The van der Waals surface area contributed by atoms with Crippen molar-refractivity contribution < 1.29 is 58.5 Å². The Morgan fingerprint density at radius 1 is 0.850 bits per heavy atom. The van der Waals surface area contributed by atoms with E-state index < -0.39 is 82.6 Å².